The first-order valence-corrected chi connectivity index (χ1v) is 10.5. The van der Waals surface area contributed by atoms with Gasteiger partial charge in [-0.1, -0.05) is 41.4 Å². The van der Waals surface area contributed by atoms with Gasteiger partial charge in [0.25, 0.3) is 5.91 Å². The molecule has 0 aromatic heterocycles. The molecule has 0 spiro atoms. The van der Waals surface area contributed by atoms with Gasteiger partial charge in [0, 0.05) is 10.5 Å². The van der Waals surface area contributed by atoms with Crippen molar-refractivity contribution in [2.24, 2.45) is 0 Å². The third-order valence-corrected chi connectivity index (χ3v) is 5.79. The molecule has 1 aliphatic heterocycles. The van der Waals surface area contributed by atoms with Gasteiger partial charge in [0.1, 0.15) is 12.6 Å². The summed E-state index contributed by atoms with van der Waals surface area (Å²) in [4.78, 5) is 27.3. The molecule has 3 unspecified atom stereocenters. The van der Waals surface area contributed by atoms with E-state index in [4.69, 9.17) is 4.74 Å². The van der Waals surface area contributed by atoms with E-state index in [0.717, 1.165) is 42.1 Å². The molecule has 5 nitrogen and oxygen atoms in total. The van der Waals surface area contributed by atoms with Crippen molar-refractivity contribution in [1.82, 2.24) is 10.2 Å². The van der Waals surface area contributed by atoms with Crippen molar-refractivity contribution in [2.75, 3.05) is 6.54 Å². The highest BCUT2D eigenvalue weighted by Crippen LogP contribution is 2.33. The van der Waals surface area contributed by atoms with Crippen LogP contribution in [0.5, 0.6) is 0 Å². The lowest BCUT2D eigenvalue weighted by Crippen LogP contribution is -2.57. The molecule has 1 saturated carbocycles. The van der Waals surface area contributed by atoms with Gasteiger partial charge in [-0.3, -0.25) is 9.59 Å². The first kappa shape index (κ1) is 19.9. The van der Waals surface area contributed by atoms with Crippen LogP contribution in [0.2, 0.25) is 0 Å². The zero-order valence-electron chi connectivity index (χ0n) is 15.9. The molecule has 2 fully saturated rings. The van der Waals surface area contributed by atoms with Crippen LogP contribution in [0.3, 0.4) is 0 Å². The molecule has 3 atom stereocenters. The third-order valence-electron chi connectivity index (χ3n) is 5.30. The summed E-state index contributed by atoms with van der Waals surface area (Å²) in [5.41, 5.74) is 0.894. The number of nitrogens with one attached hydrogen (secondary N) is 1. The number of hydrogen-bond donors (Lipinski definition) is 1. The minimum absolute atomic E-state index is 0.0198. The van der Waals surface area contributed by atoms with E-state index in [9.17, 15) is 9.59 Å². The van der Waals surface area contributed by atoms with Crippen molar-refractivity contribution in [1.29, 1.82) is 0 Å². The zero-order chi connectivity index (χ0) is 19.4. The highest BCUT2D eigenvalue weighted by Gasteiger charge is 2.42. The molecular formula is C21H27BrN2O3. The zero-order valence-corrected chi connectivity index (χ0v) is 17.5. The number of halogens is 1. The average Bonchev–Trinajstić information content (AvgIpc) is 2.65. The fourth-order valence-corrected chi connectivity index (χ4v) is 4.10. The Morgan fingerprint density at radius 2 is 2.19 bits per heavy atom. The lowest BCUT2D eigenvalue weighted by Gasteiger charge is -2.44. The summed E-state index contributed by atoms with van der Waals surface area (Å²) in [5, 5.41) is 2.97. The molecule has 1 N–H and O–H groups in total. The number of hydrogen-bond acceptors (Lipinski definition) is 3. The molecule has 27 heavy (non-hydrogen) atoms. The lowest BCUT2D eigenvalue weighted by atomic mass is 9.89. The predicted octanol–water partition coefficient (Wildman–Crippen LogP) is 3.87. The van der Waals surface area contributed by atoms with Crippen LogP contribution < -0.4 is 5.32 Å². The smallest absolute Gasteiger partial charge is 0.289 e. The summed E-state index contributed by atoms with van der Waals surface area (Å²) in [6.07, 6.45) is 6.55. The van der Waals surface area contributed by atoms with Crippen molar-refractivity contribution in [2.45, 2.75) is 64.1 Å². The normalized spacial score (nSPS) is 24.9. The second-order valence-corrected chi connectivity index (χ2v) is 8.30. The maximum Gasteiger partial charge on any atom is 0.289 e. The predicted molar refractivity (Wildman–Crippen MR) is 109 cm³/mol. The van der Waals surface area contributed by atoms with E-state index < -0.39 is 0 Å². The Balaban J connectivity index is 1.83. The second-order valence-electron chi connectivity index (χ2n) is 7.38. The Kier molecular flexibility index (Phi) is 6.58. The van der Waals surface area contributed by atoms with Crippen molar-refractivity contribution < 1.29 is 14.3 Å². The standard InChI is InChI=1S/C21H27BrN2O3/c1-3-14(2)23-20(25)13-24-17-9-4-5-10-18(17)27-19(21(24)26)12-15-7-6-8-16(22)11-15/h6-8,11-12,14,17-18H,3-5,9-10,13H2,1-2H3,(H,23,25)/b19-12+. The number of fused-ring (bicyclic) bond motifs is 1. The molecule has 1 heterocycles. The number of ether oxygens (including phenoxy) is 1. The van der Waals surface area contributed by atoms with Crippen LogP contribution in [0.4, 0.5) is 0 Å². The molecule has 1 aromatic rings. The Morgan fingerprint density at radius 3 is 2.93 bits per heavy atom. The molecular weight excluding hydrogens is 408 g/mol. The summed E-state index contributed by atoms with van der Waals surface area (Å²) in [6, 6.07) is 7.82. The monoisotopic (exact) mass is 434 g/mol. The van der Waals surface area contributed by atoms with E-state index >= 15 is 0 Å². The summed E-state index contributed by atoms with van der Waals surface area (Å²) < 4.78 is 7.03. The van der Waals surface area contributed by atoms with E-state index in [1.807, 2.05) is 38.1 Å². The molecule has 2 amide bonds. The Bertz CT molecular complexity index is 734. The lowest BCUT2D eigenvalue weighted by molar-refractivity contribution is -0.152. The molecule has 3 rings (SSSR count). The third kappa shape index (κ3) is 4.92. The topological polar surface area (TPSA) is 58.6 Å². The Labute approximate surface area is 169 Å². The minimum Gasteiger partial charge on any atom is -0.482 e. The van der Waals surface area contributed by atoms with Crippen LogP contribution in [0.15, 0.2) is 34.5 Å². The van der Waals surface area contributed by atoms with E-state index in [2.05, 4.69) is 21.2 Å². The van der Waals surface area contributed by atoms with Crippen molar-refractivity contribution in [3.8, 4) is 0 Å². The fourth-order valence-electron chi connectivity index (χ4n) is 3.69. The molecule has 1 aromatic carbocycles. The van der Waals surface area contributed by atoms with E-state index in [-0.39, 0.29) is 36.5 Å². The number of carbonyl (C=O) groups is 2. The van der Waals surface area contributed by atoms with Crippen molar-refractivity contribution in [3.05, 3.63) is 40.1 Å². The largest absolute Gasteiger partial charge is 0.482 e. The van der Waals surface area contributed by atoms with Crippen LogP contribution in [0.1, 0.15) is 51.5 Å². The van der Waals surface area contributed by atoms with Gasteiger partial charge in [-0.05, 0) is 56.4 Å². The van der Waals surface area contributed by atoms with Gasteiger partial charge >= 0.3 is 0 Å². The summed E-state index contributed by atoms with van der Waals surface area (Å²) in [5.74, 6) is 0.0238. The van der Waals surface area contributed by atoms with Gasteiger partial charge in [0.2, 0.25) is 5.91 Å². The first-order chi connectivity index (χ1) is 13.0. The molecule has 6 heteroatoms. The number of benzene rings is 1. The van der Waals surface area contributed by atoms with Gasteiger partial charge in [-0.25, -0.2) is 0 Å². The van der Waals surface area contributed by atoms with E-state index in [1.54, 1.807) is 11.0 Å². The maximum atomic E-state index is 13.1. The first-order valence-electron chi connectivity index (χ1n) is 9.72. The highest BCUT2D eigenvalue weighted by molar-refractivity contribution is 9.10. The molecule has 1 aliphatic carbocycles. The second kappa shape index (κ2) is 8.91. The number of morpholine rings is 1. The Hall–Kier alpha value is -1.82. The van der Waals surface area contributed by atoms with Crippen LogP contribution in [-0.2, 0) is 14.3 Å². The fraction of sp³-hybridized carbons (Fsp3) is 0.524. The van der Waals surface area contributed by atoms with Crippen LogP contribution >= 0.6 is 15.9 Å². The number of rotatable bonds is 5. The maximum absolute atomic E-state index is 13.1. The van der Waals surface area contributed by atoms with Gasteiger partial charge in [-0.2, -0.15) is 0 Å². The quantitative estimate of drug-likeness (QED) is 0.715. The summed E-state index contributed by atoms with van der Waals surface area (Å²) in [6.45, 7) is 4.09. The number of amides is 2. The molecule has 0 bridgehead atoms. The Morgan fingerprint density at radius 1 is 1.41 bits per heavy atom. The number of carbonyl (C=O) groups excluding carboxylic acids is 2. The summed E-state index contributed by atoms with van der Waals surface area (Å²) in [7, 11) is 0. The average molecular weight is 435 g/mol. The SMILES string of the molecule is CCC(C)NC(=O)CN1C(=O)/C(=C\c2cccc(Br)c2)OC2CCCCC21. The van der Waals surface area contributed by atoms with Crippen LogP contribution in [0.25, 0.3) is 6.08 Å². The summed E-state index contributed by atoms with van der Waals surface area (Å²) >= 11 is 3.45. The van der Waals surface area contributed by atoms with Crippen molar-refractivity contribution in [3.63, 3.8) is 0 Å². The van der Waals surface area contributed by atoms with Crippen LogP contribution in [0, 0.1) is 0 Å². The minimum atomic E-state index is -0.197. The van der Waals surface area contributed by atoms with Gasteiger partial charge < -0.3 is 15.0 Å². The highest BCUT2D eigenvalue weighted by atomic mass is 79.9. The van der Waals surface area contributed by atoms with Crippen LogP contribution in [-0.4, -0.2) is 41.4 Å². The molecule has 146 valence electrons. The van der Waals surface area contributed by atoms with E-state index in [1.165, 1.54) is 0 Å². The van der Waals surface area contributed by atoms with Gasteiger partial charge in [0.15, 0.2) is 5.76 Å². The van der Waals surface area contributed by atoms with Crippen molar-refractivity contribution >= 4 is 33.8 Å². The molecule has 0 radical (unpaired) electrons. The van der Waals surface area contributed by atoms with Gasteiger partial charge in [0.05, 0.1) is 6.04 Å². The molecule has 2 aliphatic rings. The van der Waals surface area contributed by atoms with E-state index in [0.29, 0.717) is 5.76 Å². The molecule has 1 saturated heterocycles. The van der Waals surface area contributed by atoms with Gasteiger partial charge in [-0.15, -0.1) is 0 Å². The number of nitrogens with zero attached hydrogens (tertiary/aromatic N) is 1.